The Kier molecular flexibility index (Phi) is 4.53. The van der Waals surface area contributed by atoms with Gasteiger partial charge in [-0.25, -0.2) is 4.79 Å². The predicted molar refractivity (Wildman–Crippen MR) is 63.2 cm³/mol. The second-order valence-electron chi connectivity index (χ2n) is 3.14. The number of amides is 1. The van der Waals surface area contributed by atoms with Gasteiger partial charge in [-0.15, -0.1) is 0 Å². The maximum absolute atomic E-state index is 10.5. The van der Waals surface area contributed by atoms with Gasteiger partial charge in [0.05, 0.1) is 16.1 Å². The third-order valence-corrected chi connectivity index (χ3v) is 2.40. The van der Waals surface area contributed by atoms with E-state index in [1.54, 1.807) is 0 Å². The Hall–Kier alpha value is -1.53. The number of rotatable bonds is 3. The Bertz CT molecular complexity index is 465. The summed E-state index contributed by atoms with van der Waals surface area (Å²) in [5, 5.41) is 23.1. The quantitative estimate of drug-likeness (QED) is 0.449. The van der Waals surface area contributed by atoms with Gasteiger partial charge in [0.25, 0.3) is 0 Å². The van der Waals surface area contributed by atoms with Crippen LogP contribution >= 0.6 is 23.2 Å². The molecule has 1 atom stereocenters. The predicted octanol–water partition coefficient (Wildman–Crippen LogP) is 2.22. The number of oxime groups is 1. The van der Waals surface area contributed by atoms with Crippen LogP contribution in [0.3, 0.4) is 0 Å². The van der Waals surface area contributed by atoms with E-state index in [1.807, 2.05) is 0 Å². The van der Waals surface area contributed by atoms with Crippen molar-refractivity contribution in [3.8, 4) is 0 Å². The molecule has 1 amide bonds. The third kappa shape index (κ3) is 3.47. The first-order valence-electron chi connectivity index (χ1n) is 4.48. The van der Waals surface area contributed by atoms with Crippen LogP contribution in [-0.2, 0) is 0 Å². The minimum Gasteiger partial charge on any atom is -0.465 e. The number of hydrogen-bond donors (Lipinski definition) is 3. The van der Waals surface area contributed by atoms with Crippen LogP contribution in [0.15, 0.2) is 17.4 Å². The standard InChI is InChI=1S/C9H9Cl2N3O3/c1-4(13-9(15)16)7(14-17)8-6(11)2-5(10)3-12-8/h2-4,13,17H,1H3,(H,15,16)/t4-/m0/s1. The molecule has 0 spiro atoms. The SMILES string of the molecule is C[C@H](NC(=O)O)C(=NO)c1ncc(Cl)cc1Cl. The van der Waals surface area contributed by atoms with Crippen LogP contribution in [-0.4, -0.2) is 33.1 Å². The van der Waals surface area contributed by atoms with Gasteiger partial charge >= 0.3 is 6.09 Å². The van der Waals surface area contributed by atoms with Crippen LogP contribution in [0.1, 0.15) is 12.6 Å². The summed E-state index contributed by atoms with van der Waals surface area (Å²) in [4.78, 5) is 14.4. The van der Waals surface area contributed by atoms with Crippen molar-refractivity contribution in [2.75, 3.05) is 0 Å². The number of halogens is 2. The van der Waals surface area contributed by atoms with Crippen LogP contribution in [0.25, 0.3) is 0 Å². The highest BCUT2D eigenvalue weighted by molar-refractivity contribution is 6.36. The summed E-state index contributed by atoms with van der Waals surface area (Å²) in [7, 11) is 0. The van der Waals surface area contributed by atoms with E-state index in [0.717, 1.165) is 0 Å². The highest BCUT2D eigenvalue weighted by atomic mass is 35.5. The van der Waals surface area contributed by atoms with E-state index in [0.29, 0.717) is 5.02 Å². The Morgan fingerprint density at radius 3 is 2.71 bits per heavy atom. The van der Waals surface area contributed by atoms with Gasteiger partial charge in [-0.3, -0.25) is 4.98 Å². The lowest BCUT2D eigenvalue weighted by Crippen LogP contribution is -2.38. The van der Waals surface area contributed by atoms with Gasteiger partial charge in [0.1, 0.15) is 11.4 Å². The minimum absolute atomic E-state index is 0.00840. The van der Waals surface area contributed by atoms with Crippen molar-refractivity contribution in [2.24, 2.45) is 5.16 Å². The molecule has 0 aliphatic carbocycles. The molecule has 1 aromatic rings. The molecular weight excluding hydrogens is 269 g/mol. The molecule has 0 radical (unpaired) electrons. The van der Waals surface area contributed by atoms with Gasteiger partial charge in [0.15, 0.2) is 0 Å². The van der Waals surface area contributed by atoms with E-state index < -0.39 is 12.1 Å². The van der Waals surface area contributed by atoms with Crippen molar-refractivity contribution in [1.29, 1.82) is 0 Å². The molecule has 6 nitrogen and oxygen atoms in total. The molecule has 1 rings (SSSR count). The molecule has 0 aliphatic rings. The largest absolute Gasteiger partial charge is 0.465 e. The molecule has 0 saturated heterocycles. The fraction of sp³-hybridized carbons (Fsp3) is 0.222. The monoisotopic (exact) mass is 277 g/mol. The lowest BCUT2D eigenvalue weighted by atomic mass is 10.1. The van der Waals surface area contributed by atoms with Crippen molar-refractivity contribution in [3.05, 3.63) is 28.0 Å². The molecule has 0 unspecified atom stereocenters. The summed E-state index contributed by atoms with van der Waals surface area (Å²) < 4.78 is 0. The fourth-order valence-electron chi connectivity index (χ4n) is 1.20. The van der Waals surface area contributed by atoms with Gasteiger partial charge in [-0.1, -0.05) is 28.4 Å². The number of nitrogens with zero attached hydrogens (tertiary/aromatic N) is 2. The first-order valence-corrected chi connectivity index (χ1v) is 5.24. The molecule has 92 valence electrons. The molecule has 0 aromatic carbocycles. The zero-order chi connectivity index (χ0) is 13.0. The van der Waals surface area contributed by atoms with Gasteiger partial charge < -0.3 is 15.6 Å². The van der Waals surface area contributed by atoms with Crippen molar-refractivity contribution < 1.29 is 15.1 Å². The second-order valence-corrected chi connectivity index (χ2v) is 3.98. The normalized spacial score (nSPS) is 13.2. The summed E-state index contributed by atoms with van der Waals surface area (Å²) in [6.07, 6.45) is 0.0743. The number of pyridine rings is 1. The highest BCUT2D eigenvalue weighted by Crippen LogP contribution is 2.20. The molecule has 1 heterocycles. The molecule has 17 heavy (non-hydrogen) atoms. The maximum atomic E-state index is 10.5. The van der Waals surface area contributed by atoms with Gasteiger partial charge in [0.2, 0.25) is 0 Å². The van der Waals surface area contributed by atoms with Crippen molar-refractivity contribution in [3.63, 3.8) is 0 Å². The second kappa shape index (κ2) is 5.70. The van der Waals surface area contributed by atoms with E-state index in [1.165, 1.54) is 19.2 Å². The van der Waals surface area contributed by atoms with Crippen LogP contribution in [0.2, 0.25) is 10.0 Å². The molecular formula is C9H9Cl2N3O3. The van der Waals surface area contributed by atoms with E-state index in [9.17, 15) is 4.79 Å². The average Bonchev–Trinajstić information content (AvgIpc) is 2.21. The number of hydrogen-bond acceptors (Lipinski definition) is 4. The Morgan fingerprint density at radius 2 is 2.24 bits per heavy atom. The zero-order valence-corrected chi connectivity index (χ0v) is 10.2. The van der Waals surface area contributed by atoms with E-state index in [4.69, 9.17) is 33.5 Å². The molecule has 0 aliphatic heterocycles. The summed E-state index contributed by atoms with van der Waals surface area (Å²) >= 11 is 11.5. The van der Waals surface area contributed by atoms with E-state index in [2.05, 4.69) is 15.5 Å². The van der Waals surface area contributed by atoms with Crippen LogP contribution in [0.4, 0.5) is 4.79 Å². The van der Waals surface area contributed by atoms with Crippen molar-refractivity contribution in [1.82, 2.24) is 10.3 Å². The van der Waals surface area contributed by atoms with Gasteiger partial charge in [-0.2, -0.15) is 0 Å². The lowest BCUT2D eigenvalue weighted by molar-refractivity contribution is 0.193. The third-order valence-electron chi connectivity index (χ3n) is 1.91. The number of carboxylic acid groups (broad SMARTS) is 1. The molecule has 0 bridgehead atoms. The van der Waals surface area contributed by atoms with Crippen LogP contribution < -0.4 is 5.32 Å². The van der Waals surface area contributed by atoms with Gasteiger partial charge in [0, 0.05) is 6.20 Å². The Labute approximate surface area is 107 Å². The summed E-state index contributed by atoms with van der Waals surface area (Å²) in [6, 6.07) is 0.660. The summed E-state index contributed by atoms with van der Waals surface area (Å²) in [6.45, 7) is 1.50. The smallest absolute Gasteiger partial charge is 0.405 e. The number of aromatic nitrogens is 1. The highest BCUT2D eigenvalue weighted by Gasteiger charge is 2.19. The number of nitrogens with one attached hydrogen (secondary N) is 1. The van der Waals surface area contributed by atoms with Crippen LogP contribution in [0.5, 0.6) is 0 Å². The maximum Gasteiger partial charge on any atom is 0.405 e. The zero-order valence-electron chi connectivity index (χ0n) is 8.69. The van der Waals surface area contributed by atoms with Crippen molar-refractivity contribution in [2.45, 2.75) is 13.0 Å². The van der Waals surface area contributed by atoms with Gasteiger partial charge in [-0.05, 0) is 13.0 Å². The topological polar surface area (TPSA) is 94.8 Å². The summed E-state index contributed by atoms with van der Waals surface area (Å²) in [5.74, 6) is 0. The summed E-state index contributed by atoms with van der Waals surface area (Å²) in [5.41, 5.74) is 0.175. The molecule has 8 heteroatoms. The average molecular weight is 278 g/mol. The molecule has 1 aromatic heterocycles. The Morgan fingerprint density at radius 1 is 1.59 bits per heavy atom. The molecule has 0 fully saturated rings. The minimum atomic E-state index is -1.25. The number of carbonyl (C=O) groups is 1. The molecule has 0 saturated carbocycles. The first-order chi connectivity index (χ1) is 7.95. The van der Waals surface area contributed by atoms with E-state index >= 15 is 0 Å². The lowest BCUT2D eigenvalue weighted by Gasteiger charge is -2.13. The van der Waals surface area contributed by atoms with E-state index in [-0.39, 0.29) is 16.4 Å². The van der Waals surface area contributed by atoms with Crippen LogP contribution in [0, 0.1) is 0 Å². The Balaban J connectivity index is 3.06. The fourth-order valence-corrected chi connectivity index (χ4v) is 1.67. The first kappa shape index (κ1) is 13.5. The molecule has 3 N–H and O–H groups in total. The van der Waals surface area contributed by atoms with Crippen molar-refractivity contribution >= 4 is 35.0 Å².